The Bertz CT molecular complexity index is 1230. The highest BCUT2D eigenvalue weighted by Gasteiger charge is 2.20. The summed E-state index contributed by atoms with van der Waals surface area (Å²) in [5.41, 5.74) is 2.41. The van der Waals surface area contributed by atoms with Crippen LogP contribution in [-0.2, 0) is 6.42 Å². The zero-order valence-corrected chi connectivity index (χ0v) is 19.0. The number of anilines is 2. The summed E-state index contributed by atoms with van der Waals surface area (Å²) in [6.07, 6.45) is 0.964. The number of carbonyl (C=O) groups excluding carboxylic acids is 1. The van der Waals surface area contributed by atoms with Gasteiger partial charge in [0.1, 0.15) is 11.6 Å². The van der Waals surface area contributed by atoms with Crippen molar-refractivity contribution < 1.29 is 9.18 Å². The lowest BCUT2D eigenvalue weighted by molar-refractivity contribution is 0.102. The van der Waals surface area contributed by atoms with Gasteiger partial charge in [0.2, 0.25) is 0 Å². The van der Waals surface area contributed by atoms with Gasteiger partial charge in [0.25, 0.3) is 5.91 Å². The molecule has 4 aromatic rings. The zero-order valence-electron chi connectivity index (χ0n) is 18.2. The van der Waals surface area contributed by atoms with E-state index in [0.717, 1.165) is 50.6 Å². The maximum Gasteiger partial charge on any atom is 0.255 e. The Balaban J connectivity index is 1.10. The van der Waals surface area contributed by atoms with E-state index < -0.39 is 0 Å². The van der Waals surface area contributed by atoms with Crippen molar-refractivity contribution in [2.45, 2.75) is 6.42 Å². The second-order valence-electron chi connectivity index (χ2n) is 8.24. The van der Waals surface area contributed by atoms with Crippen molar-refractivity contribution in [3.63, 3.8) is 0 Å². The molecule has 0 aliphatic carbocycles. The van der Waals surface area contributed by atoms with Crippen LogP contribution in [0, 0.1) is 5.82 Å². The number of rotatable bonds is 6. The van der Waals surface area contributed by atoms with Gasteiger partial charge in [-0.25, -0.2) is 4.39 Å². The van der Waals surface area contributed by atoms with Gasteiger partial charge in [0, 0.05) is 49.4 Å². The SMILES string of the molecule is O=C(Nc1ccc(CCN2CCN(c3nsc4ccccc34)CC2)cc1)c1ccc(F)cc1. The van der Waals surface area contributed by atoms with E-state index in [2.05, 4.69) is 51.5 Å². The number of fused-ring (bicyclic) bond motifs is 1. The van der Waals surface area contributed by atoms with Crippen molar-refractivity contribution >= 4 is 39.0 Å². The number of nitrogens with zero attached hydrogens (tertiary/aromatic N) is 3. The predicted octanol–water partition coefficient (Wildman–Crippen LogP) is 5.05. The highest BCUT2D eigenvalue weighted by atomic mass is 32.1. The van der Waals surface area contributed by atoms with Gasteiger partial charge in [-0.3, -0.25) is 9.69 Å². The molecule has 7 heteroatoms. The molecule has 1 N–H and O–H groups in total. The fourth-order valence-electron chi connectivity index (χ4n) is 4.13. The molecule has 1 fully saturated rings. The molecule has 0 bridgehead atoms. The third-order valence-electron chi connectivity index (χ3n) is 6.07. The molecule has 1 aliphatic heterocycles. The quantitative estimate of drug-likeness (QED) is 0.437. The molecule has 1 amide bonds. The summed E-state index contributed by atoms with van der Waals surface area (Å²) < 4.78 is 19.0. The van der Waals surface area contributed by atoms with E-state index in [4.69, 9.17) is 4.37 Å². The van der Waals surface area contributed by atoms with Crippen LogP contribution in [0.2, 0.25) is 0 Å². The lowest BCUT2D eigenvalue weighted by Crippen LogP contribution is -2.47. The Hall–Kier alpha value is -3.29. The molecule has 2 heterocycles. The molecular formula is C26H25FN4OS. The number of carbonyl (C=O) groups is 1. The summed E-state index contributed by atoms with van der Waals surface area (Å²) in [5, 5.41) is 4.11. The fraction of sp³-hybridized carbons (Fsp3) is 0.231. The minimum atomic E-state index is -0.353. The maximum absolute atomic E-state index is 13.0. The summed E-state index contributed by atoms with van der Waals surface area (Å²) in [6.45, 7) is 5.03. The van der Waals surface area contributed by atoms with Crippen molar-refractivity contribution in [3.05, 3.63) is 89.7 Å². The highest BCUT2D eigenvalue weighted by molar-refractivity contribution is 7.13. The molecule has 1 saturated heterocycles. The first kappa shape index (κ1) is 21.6. The van der Waals surface area contributed by atoms with Crippen molar-refractivity contribution in [1.82, 2.24) is 9.27 Å². The number of benzene rings is 3. The largest absolute Gasteiger partial charge is 0.353 e. The summed E-state index contributed by atoms with van der Waals surface area (Å²) in [7, 11) is 0. The van der Waals surface area contributed by atoms with Crippen LogP contribution in [0.25, 0.3) is 10.1 Å². The van der Waals surface area contributed by atoms with Crippen LogP contribution < -0.4 is 10.2 Å². The van der Waals surface area contributed by atoms with Gasteiger partial charge in [-0.2, -0.15) is 4.37 Å². The first-order valence-electron chi connectivity index (χ1n) is 11.1. The van der Waals surface area contributed by atoms with Crippen LogP contribution in [-0.4, -0.2) is 47.9 Å². The van der Waals surface area contributed by atoms with E-state index in [1.54, 1.807) is 11.5 Å². The average molecular weight is 461 g/mol. The third kappa shape index (κ3) is 5.05. The van der Waals surface area contributed by atoms with Gasteiger partial charge in [0.05, 0.1) is 4.70 Å². The minimum Gasteiger partial charge on any atom is -0.353 e. The normalized spacial score (nSPS) is 14.5. The zero-order chi connectivity index (χ0) is 22.6. The van der Waals surface area contributed by atoms with Crippen LogP contribution in [0.5, 0.6) is 0 Å². The molecule has 0 unspecified atom stereocenters. The molecular weight excluding hydrogens is 435 g/mol. The molecule has 33 heavy (non-hydrogen) atoms. The summed E-state index contributed by atoms with van der Waals surface area (Å²) in [4.78, 5) is 17.2. The molecule has 0 radical (unpaired) electrons. The Morgan fingerprint density at radius 1 is 0.939 bits per heavy atom. The summed E-state index contributed by atoms with van der Waals surface area (Å²) >= 11 is 1.57. The number of amides is 1. The number of hydrogen-bond donors (Lipinski definition) is 1. The van der Waals surface area contributed by atoms with Crippen molar-refractivity contribution in [2.24, 2.45) is 0 Å². The van der Waals surface area contributed by atoms with E-state index in [1.165, 1.54) is 39.9 Å². The van der Waals surface area contributed by atoms with Crippen molar-refractivity contribution in [3.8, 4) is 0 Å². The average Bonchev–Trinajstić information content (AvgIpc) is 3.28. The monoisotopic (exact) mass is 460 g/mol. The van der Waals surface area contributed by atoms with Gasteiger partial charge < -0.3 is 10.2 Å². The topological polar surface area (TPSA) is 48.5 Å². The van der Waals surface area contributed by atoms with E-state index in [9.17, 15) is 9.18 Å². The smallest absolute Gasteiger partial charge is 0.255 e. The van der Waals surface area contributed by atoms with E-state index in [1.807, 2.05) is 12.1 Å². The number of nitrogens with one attached hydrogen (secondary N) is 1. The van der Waals surface area contributed by atoms with Gasteiger partial charge >= 0.3 is 0 Å². The van der Waals surface area contributed by atoms with Crippen molar-refractivity contribution in [2.75, 3.05) is 42.9 Å². The van der Waals surface area contributed by atoms with Crippen LogP contribution in [0.3, 0.4) is 0 Å². The fourth-order valence-corrected chi connectivity index (χ4v) is 4.93. The van der Waals surface area contributed by atoms with Gasteiger partial charge in [-0.05, 0) is 72.0 Å². The molecule has 168 valence electrons. The highest BCUT2D eigenvalue weighted by Crippen LogP contribution is 2.29. The Morgan fingerprint density at radius 2 is 1.67 bits per heavy atom. The van der Waals surface area contributed by atoms with E-state index in [-0.39, 0.29) is 11.7 Å². The molecule has 0 spiro atoms. The molecule has 5 nitrogen and oxygen atoms in total. The first-order chi connectivity index (χ1) is 16.2. The summed E-state index contributed by atoms with van der Waals surface area (Å²) in [5.74, 6) is 0.524. The molecule has 0 atom stereocenters. The predicted molar refractivity (Wildman–Crippen MR) is 133 cm³/mol. The Labute approximate surface area is 196 Å². The van der Waals surface area contributed by atoms with Gasteiger partial charge in [0.15, 0.2) is 0 Å². The first-order valence-corrected chi connectivity index (χ1v) is 11.9. The maximum atomic E-state index is 13.0. The van der Waals surface area contributed by atoms with Crippen LogP contribution >= 0.6 is 11.5 Å². The molecule has 1 aliphatic rings. The van der Waals surface area contributed by atoms with Crippen molar-refractivity contribution in [1.29, 1.82) is 0 Å². The number of hydrogen-bond acceptors (Lipinski definition) is 5. The standard InChI is InChI=1S/C26H25FN4OS/c27-21-9-7-20(8-10-21)26(32)28-22-11-5-19(6-12-22)13-14-30-15-17-31(18-16-30)25-23-3-1-2-4-24(23)33-29-25/h1-12H,13-18H2,(H,28,32). The van der Waals surface area contributed by atoms with E-state index >= 15 is 0 Å². The number of piperazine rings is 1. The lowest BCUT2D eigenvalue weighted by Gasteiger charge is -2.35. The van der Waals surface area contributed by atoms with Crippen LogP contribution in [0.4, 0.5) is 15.9 Å². The second-order valence-corrected chi connectivity index (χ2v) is 9.04. The van der Waals surface area contributed by atoms with Crippen LogP contribution in [0.1, 0.15) is 15.9 Å². The third-order valence-corrected chi connectivity index (χ3v) is 6.88. The number of halogens is 1. The number of aromatic nitrogens is 1. The second kappa shape index (κ2) is 9.68. The molecule has 1 aromatic heterocycles. The van der Waals surface area contributed by atoms with Gasteiger partial charge in [-0.1, -0.05) is 24.3 Å². The summed E-state index contributed by atoms with van der Waals surface area (Å²) in [6, 6.07) is 21.9. The lowest BCUT2D eigenvalue weighted by atomic mass is 10.1. The minimum absolute atomic E-state index is 0.242. The molecule has 5 rings (SSSR count). The Morgan fingerprint density at radius 3 is 2.42 bits per heavy atom. The van der Waals surface area contributed by atoms with Gasteiger partial charge in [-0.15, -0.1) is 0 Å². The molecule has 0 saturated carbocycles. The van der Waals surface area contributed by atoms with E-state index in [0.29, 0.717) is 5.56 Å². The van der Waals surface area contributed by atoms with Crippen LogP contribution in [0.15, 0.2) is 72.8 Å². The Kier molecular flexibility index (Phi) is 6.32. The molecule has 3 aromatic carbocycles.